The van der Waals surface area contributed by atoms with E-state index in [1.165, 1.54) is 4.90 Å². The van der Waals surface area contributed by atoms with Crippen LogP contribution in [0.2, 0.25) is 0 Å². The van der Waals surface area contributed by atoms with Crippen LogP contribution in [0.5, 0.6) is 0 Å². The summed E-state index contributed by atoms with van der Waals surface area (Å²) in [7, 11) is -0.593. The van der Waals surface area contributed by atoms with Gasteiger partial charge in [0.05, 0.1) is 22.6 Å². The van der Waals surface area contributed by atoms with Crippen molar-refractivity contribution < 1.29 is 14.1 Å². The fourth-order valence-electron chi connectivity index (χ4n) is 2.74. The van der Waals surface area contributed by atoms with E-state index in [0.29, 0.717) is 11.4 Å². The summed E-state index contributed by atoms with van der Waals surface area (Å²) in [5.41, 5.74) is 6.72. The van der Waals surface area contributed by atoms with E-state index in [2.05, 4.69) is 4.98 Å². The number of aromatic nitrogens is 1. The largest absolute Gasteiger partial charge is 0.497 e. The monoisotopic (exact) mass is 339 g/mol. The normalized spacial score (nSPS) is 18.2. The van der Waals surface area contributed by atoms with E-state index in [0.717, 1.165) is 5.46 Å². The van der Waals surface area contributed by atoms with Crippen LogP contribution in [0, 0.1) is 0 Å². The third-order valence-electron chi connectivity index (χ3n) is 4.83. The third-order valence-corrected chi connectivity index (χ3v) is 4.83. The van der Waals surface area contributed by atoms with Crippen LogP contribution in [0.1, 0.15) is 27.7 Å². The number of amides is 2. The molecule has 0 atom stereocenters. The Balaban J connectivity index is 2.06. The van der Waals surface area contributed by atoms with Crippen molar-refractivity contribution in [1.82, 2.24) is 4.98 Å². The lowest BCUT2D eigenvalue weighted by atomic mass is 9.77. The topological polar surface area (TPSA) is 77.7 Å². The van der Waals surface area contributed by atoms with Crippen LogP contribution in [0.4, 0.5) is 16.2 Å². The average Bonchev–Trinajstić information content (AvgIpc) is 2.77. The maximum Gasteiger partial charge on any atom is 0.497 e. The zero-order chi connectivity index (χ0) is 18.2. The molecule has 2 amide bonds. The number of nitrogens with zero attached hydrogens (tertiary/aromatic N) is 2. The SMILES string of the molecule is CC1(C)OB(c2ccccc2N(C(N)=O)c2ccncc2)OC1(C)C. The van der Waals surface area contributed by atoms with Gasteiger partial charge in [-0.2, -0.15) is 0 Å². The Hall–Kier alpha value is -2.38. The van der Waals surface area contributed by atoms with Crippen LogP contribution in [0.15, 0.2) is 48.8 Å². The van der Waals surface area contributed by atoms with Crippen LogP contribution < -0.4 is 16.1 Å². The highest BCUT2D eigenvalue weighted by Crippen LogP contribution is 2.37. The minimum atomic E-state index is -0.593. The van der Waals surface area contributed by atoms with Gasteiger partial charge in [0.1, 0.15) is 0 Å². The molecule has 1 aliphatic heterocycles. The molecule has 7 heteroatoms. The number of nitrogens with two attached hydrogens (primary N) is 1. The number of anilines is 2. The van der Waals surface area contributed by atoms with Gasteiger partial charge in [0.15, 0.2) is 0 Å². The zero-order valence-electron chi connectivity index (χ0n) is 14.9. The van der Waals surface area contributed by atoms with Crippen LogP contribution in [0.3, 0.4) is 0 Å². The Morgan fingerprint density at radius 2 is 1.60 bits per heavy atom. The third kappa shape index (κ3) is 3.13. The Bertz CT molecular complexity index is 764. The molecular weight excluding hydrogens is 317 g/mol. The van der Waals surface area contributed by atoms with Gasteiger partial charge < -0.3 is 15.0 Å². The number of pyridine rings is 1. The van der Waals surface area contributed by atoms with E-state index in [1.54, 1.807) is 24.5 Å². The number of para-hydroxylation sites is 1. The summed E-state index contributed by atoms with van der Waals surface area (Å²) in [6.45, 7) is 7.96. The summed E-state index contributed by atoms with van der Waals surface area (Å²) in [5.74, 6) is 0. The van der Waals surface area contributed by atoms with Crippen molar-refractivity contribution in [2.45, 2.75) is 38.9 Å². The second kappa shape index (κ2) is 6.17. The van der Waals surface area contributed by atoms with Crippen LogP contribution >= 0.6 is 0 Å². The lowest BCUT2D eigenvalue weighted by Crippen LogP contribution is -2.41. The van der Waals surface area contributed by atoms with Gasteiger partial charge in [-0.1, -0.05) is 18.2 Å². The summed E-state index contributed by atoms with van der Waals surface area (Å²) < 4.78 is 12.3. The van der Waals surface area contributed by atoms with Crippen LogP contribution in [-0.2, 0) is 9.31 Å². The fraction of sp³-hybridized carbons (Fsp3) is 0.333. The number of carbonyl (C=O) groups is 1. The summed E-state index contributed by atoms with van der Waals surface area (Å²) >= 11 is 0. The Morgan fingerprint density at radius 1 is 1.04 bits per heavy atom. The molecule has 1 aliphatic rings. The molecule has 1 aromatic heterocycles. The summed E-state index contributed by atoms with van der Waals surface area (Å²) in [6, 6.07) is 10.3. The van der Waals surface area contributed by atoms with E-state index in [1.807, 2.05) is 52.0 Å². The average molecular weight is 339 g/mol. The second-order valence-electron chi connectivity index (χ2n) is 7.03. The van der Waals surface area contributed by atoms with Crippen molar-refractivity contribution in [3.05, 3.63) is 48.8 Å². The van der Waals surface area contributed by atoms with Crippen molar-refractivity contribution >= 4 is 30.0 Å². The Kier molecular flexibility index (Phi) is 4.30. The molecule has 2 aromatic rings. The number of primary amides is 1. The first kappa shape index (κ1) is 17.4. The number of benzene rings is 1. The van der Waals surface area contributed by atoms with Gasteiger partial charge in [0, 0.05) is 17.9 Å². The minimum absolute atomic E-state index is 0.473. The van der Waals surface area contributed by atoms with Crippen molar-refractivity contribution in [2.24, 2.45) is 5.73 Å². The van der Waals surface area contributed by atoms with Gasteiger partial charge in [-0.15, -0.1) is 0 Å². The molecule has 6 nitrogen and oxygen atoms in total. The highest BCUT2D eigenvalue weighted by Gasteiger charge is 2.52. The van der Waals surface area contributed by atoms with E-state index >= 15 is 0 Å². The molecule has 1 saturated heterocycles. The fourth-order valence-corrected chi connectivity index (χ4v) is 2.74. The first-order valence-corrected chi connectivity index (χ1v) is 8.17. The Labute approximate surface area is 148 Å². The molecule has 1 aromatic carbocycles. The highest BCUT2D eigenvalue weighted by molar-refractivity contribution is 6.64. The van der Waals surface area contributed by atoms with E-state index in [-0.39, 0.29) is 0 Å². The zero-order valence-corrected chi connectivity index (χ0v) is 14.9. The molecule has 130 valence electrons. The quantitative estimate of drug-likeness (QED) is 0.872. The molecule has 0 unspecified atom stereocenters. The maximum absolute atomic E-state index is 12.2. The van der Waals surface area contributed by atoms with Gasteiger partial charge in [-0.25, -0.2) is 4.79 Å². The summed E-state index contributed by atoms with van der Waals surface area (Å²) in [4.78, 5) is 17.6. The number of hydrogen-bond acceptors (Lipinski definition) is 4. The van der Waals surface area contributed by atoms with E-state index in [4.69, 9.17) is 15.0 Å². The molecule has 0 aliphatic carbocycles. The van der Waals surface area contributed by atoms with Gasteiger partial charge in [0.2, 0.25) is 0 Å². The predicted octanol–water partition coefficient (Wildman–Crippen LogP) is 2.60. The number of hydrogen-bond donors (Lipinski definition) is 1. The molecule has 0 saturated carbocycles. The second-order valence-corrected chi connectivity index (χ2v) is 7.03. The van der Waals surface area contributed by atoms with Crippen LogP contribution in [0.25, 0.3) is 0 Å². The molecule has 0 radical (unpaired) electrons. The van der Waals surface area contributed by atoms with Crippen molar-refractivity contribution in [3.63, 3.8) is 0 Å². The minimum Gasteiger partial charge on any atom is -0.399 e. The smallest absolute Gasteiger partial charge is 0.399 e. The molecule has 25 heavy (non-hydrogen) atoms. The van der Waals surface area contributed by atoms with Gasteiger partial charge >= 0.3 is 13.1 Å². The summed E-state index contributed by atoms with van der Waals surface area (Å²) in [6.07, 6.45) is 3.23. The van der Waals surface area contributed by atoms with Crippen molar-refractivity contribution in [2.75, 3.05) is 4.90 Å². The lowest BCUT2D eigenvalue weighted by molar-refractivity contribution is 0.00578. The molecule has 0 bridgehead atoms. The number of urea groups is 1. The number of rotatable bonds is 3. The molecule has 1 fully saturated rings. The Morgan fingerprint density at radius 3 is 2.16 bits per heavy atom. The number of carbonyl (C=O) groups excluding carboxylic acids is 1. The molecule has 3 rings (SSSR count). The van der Waals surface area contributed by atoms with E-state index in [9.17, 15) is 4.79 Å². The van der Waals surface area contributed by atoms with Crippen molar-refractivity contribution in [1.29, 1.82) is 0 Å². The first-order valence-electron chi connectivity index (χ1n) is 8.17. The van der Waals surface area contributed by atoms with Crippen LogP contribution in [-0.4, -0.2) is 29.3 Å². The van der Waals surface area contributed by atoms with Crippen molar-refractivity contribution in [3.8, 4) is 0 Å². The van der Waals surface area contributed by atoms with Gasteiger partial charge in [-0.05, 0) is 45.9 Å². The lowest BCUT2D eigenvalue weighted by Gasteiger charge is -2.32. The molecule has 2 N–H and O–H groups in total. The summed E-state index contributed by atoms with van der Waals surface area (Å²) in [5, 5.41) is 0. The first-order chi connectivity index (χ1) is 11.7. The molecular formula is C18H22BN3O3. The standard InChI is InChI=1S/C18H22BN3O3/c1-17(2)18(3,4)25-19(24-17)14-7-5-6-8-15(14)22(16(20)23)13-9-11-21-12-10-13/h5-12H,1-4H3,(H2,20,23). The van der Waals surface area contributed by atoms with Gasteiger partial charge in [-0.3, -0.25) is 9.88 Å². The van der Waals surface area contributed by atoms with E-state index < -0.39 is 24.4 Å². The molecule has 2 heterocycles. The highest BCUT2D eigenvalue weighted by atomic mass is 16.7. The maximum atomic E-state index is 12.2. The van der Waals surface area contributed by atoms with Gasteiger partial charge in [0.25, 0.3) is 0 Å². The molecule has 0 spiro atoms. The predicted molar refractivity (Wildman–Crippen MR) is 98.1 cm³/mol.